The number of nitrogens with zero attached hydrogens (tertiary/aromatic N) is 2. The summed E-state index contributed by atoms with van der Waals surface area (Å²) < 4.78 is 13.3. The number of ether oxygens (including phenoxy) is 2. The molecule has 1 aliphatic rings. The molecule has 3 aromatic heterocycles. The monoisotopic (exact) mass is 480 g/mol. The molecule has 0 fully saturated rings. The number of hydrogen-bond acceptors (Lipinski definition) is 6. The van der Waals surface area contributed by atoms with E-state index >= 15 is 0 Å². The highest BCUT2D eigenvalue weighted by Gasteiger charge is 2.22. The second-order valence-corrected chi connectivity index (χ2v) is 8.83. The van der Waals surface area contributed by atoms with Crippen LogP contribution in [0.1, 0.15) is 11.1 Å². The first-order valence-corrected chi connectivity index (χ1v) is 11.4. The van der Waals surface area contributed by atoms with Gasteiger partial charge in [-0.1, -0.05) is 24.3 Å². The number of fused-ring (bicyclic) bond motifs is 4. The van der Waals surface area contributed by atoms with Crippen molar-refractivity contribution in [3.8, 4) is 22.8 Å². The van der Waals surface area contributed by atoms with Crippen LogP contribution in [-0.4, -0.2) is 31.3 Å². The molecule has 5 N–H and O–H groups in total. The zero-order valence-electron chi connectivity index (χ0n) is 18.9. The zero-order chi connectivity index (χ0) is 24.4. The molecule has 10 nitrogen and oxygen atoms in total. The van der Waals surface area contributed by atoms with Gasteiger partial charge in [0.15, 0.2) is 11.5 Å². The highest BCUT2D eigenvalue weighted by atomic mass is 16.7. The van der Waals surface area contributed by atoms with Gasteiger partial charge in [0.25, 0.3) is 5.56 Å². The van der Waals surface area contributed by atoms with Gasteiger partial charge in [-0.15, -0.1) is 0 Å². The molecule has 4 heterocycles. The minimum absolute atomic E-state index is 0.148. The molecule has 6 aromatic rings. The van der Waals surface area contributed by atoms with Crippen molar-refractivity contribution in [2.75, 3.05) is 6.79 Å². The average molecular weight is 480 g/mol. The first-order valence-electron chi connectivity index (χ1n) is 11.4. The fourth-order valence-electron chi connectivity index (χ4n) is 4.85. The van der Waals surface area contributed by atoms with Crippen LogP contribution in [0.2, 0.25) is 0 Å². The van der Waals surface area contributed by atoms with E-state index in [0.29, 0.717) is 52.2 Å². The lowest BCUT2D eigenvalue weighted by atomic mass is 10.1. The first kappa shape index (κ1) is 20.5. The van der Waals surface area contributed by atoms with Crippen LogP contribution in [0.3, 0.4) is 0 Å². The summed E-state index contributed by atoms with van der Waals surface area (Å²) in [6, 6.07) is 15.4. The van der Waals surface area contributed by atoms with Crippen LogP contribution in [-0.2, 0) is 13.1 Å². The Morgan fingerprint density at radius 3 is 2.53 bits per heavy atom. The van der Waals surface area contributed by atoms with Crippen LogP contribution >= 0.6 is 0 Å². The minimum Gasteiger partial charge on any atom is -0.454 e. The lowest BCUT2D eigenvalue weighted by Crippen LogP contribution is -2.11. The van der Waals surface area contributed by atoms with Gasteiger partial charge in [0.05, 0.1) is 27.6 Å². The second kappa shape index (κ2) is 7.59. The lowest BCUT2D eigenvalue weighted by molar-refractivity contribution is 0.174. The number of hydrogen-bond donors (Lipinski definition) is 4. The molecule has 0 aliphatic carbocycles. The first-order chi connectivity index (χ1) is 17.6. The molecule has 0 bridgehead atoms. The van der Waals surface area contributed by atoms with Crippen molar-refractivity contribution in [2.45, 2.75) is 13.1 Å². The van der Waals surface area contributed by atoms with Crippen molar-refractivity contribution < 1.29 is 9.47 Å². The van der Waals surface area contributed by atoms with Crippen molar-refractivity contribution in [2.24, 2.45) is 5.73 Å². The summed E-state index contributed by atoms with van der Waals surface area (Å²) in [5, 5.41) is 0.822. The van der Waals surface area contributed by atoms with Gasteiger partial charge in [0.1, 0.15) is 5.69 Å². The Morgan fingerprint density at radius 1 is 0.917 bits per heavy atom. The maximum atomic E-state index is 13.2. The average Bonchev–Trinajstić information content (AvgIpc) is 3.57. The molecule has 0 spiro atoms. The van der Waals surface area contributed by atoms with Crippen molar-refractivity contribution in [1.82, 2.24) is 24.5 Å². The Bertz CT molecular complexity index is 1940. The quantitative estimate of drug-likeness (QED) is 0.305. The number of imidazole rings is 1. The summed E-state index contributed by atoms with van der Waals surface area (Å²) in [4.78, 5) is 38.0. The van der Waals surface area contributed by atoms with Crippen LogP contribution in [0, 0.1) is 0 Å². The van der Waals surface area contributed by atoms with E-state index in [4.69, 9.17) is 20.2 Å². The summed E-state index contributed by atoms with van der Waals surface area (Å²) in [6.07, 6.45) is 1.93. The summed E-state index contributed by atoms with van der Waals surface area (Å²) in [5.41, 5.74) is 11.5. The highest BCUT2D eigenvalue weighted by molar-refractivity contribution is 5.98. The molecular weight excluding hydrogens is 460 g/mol. The van der Waals surface area contributed by atoms with Crippen LogP contribution < -0.4 is 26.5 Å². The maximum absolute atomic E-state index is 13.2. The van der Waals surface area contributed by atoms with E-state index in [1.807, 2.05) is 36.5 Å². The van der Waals surface area contributed by atoms with E-state index < -0.39 is 0 Å². The topological polar surface area (TPSA) is 144 Å². The van der Waals surface area contributed by atoms with E-state index in [0.717, 1.165) is 22.0 Å². The van der Waals surface area contributed by atoms with Crippen molar-refractivity contribution >= 4 is 33.0 Å². The molecule has 0 amide bonds. The van der Waals surface area contributed by atoms with E-state index in [1.54, 1.807) is 12.1 Å². The summed E-state index contributed by atoms with van der Waals surface area (Å²) in [7, 11) is 0. The van der Waals surface area contributed by atoms with Crippen LogP contribution in [0.5, 0.6) is 11.5 Å². The fourth-order valence-corrected chi connectivity index (χ4v) is 4.85. The number of nitrogens with one attached hydrogen (secondary N) is 3. The molecule has 178 valence electrons. The predicted molar refractivity (Wildman–Crippen MR) is 135 cm³/mol. The number of nitrogens with two attached hydrogens (primary N) is 1. The zero-order valence-corrected chi connectivity index (χ0v) is 18.9. The molecule has 0 radical (unpaired) electrons. The molecule has 0 atom stereocenters. The molecule has 10 heteroatoms. The normalized spacial score (nSPS) is 12.8. The van der Waals surface area contributed by atoms with Gasteiger partial charge in [-0.05, 0) is 29.3 Å². The predicted octanol–water partition coefficient (Wildman–Crippen LogP) is 2.95. The van der Waals surface area contributed by atoms with Crippen LogP contribution in [0.4, 0.5) is 0 Å². The number of benzene rings is 3. The van der Waals surface area contributed by atoms with Gasteiger partial charge < -0.3 is 34.7 Å². The van der Waals surface area contributed by atoms with Crippen molar-refractivity contribution in [3.05, 3.63) is 86.7 Å². The van der Waals surface area contributed by atoms with E-state index in [9.17, 15) is 9.59 Å². The number of aromatic amines is 3. The maximum Gasteiger partial charge on any atom is 0.323 e. The second-order valence-electron chi connectivity index (χ2n) is 8.83. The SMILES string of the molecule is NCc1cccc(Cn2cc(-c3nc4cc5[nH]c(=O)[nH]c5cc4[nH]c3=O)c3cc4c(cc32)OCO4)c1. The van der Waals surface area contributed by atoms with Gasteiger partial charge in [-0.2, -0.15) is 0 Å². The third-order valence-corrected chi connectivity index (χ3v) is 6.54. The Balaban J connectivity index is 1.45. The Labute approximate surface area is 202 Å². The largest absolute Gasteiger partial charge is 0.454 e. The summed E-state index contributed by atoms with van der Waals surface area (Å²) in [5.74, 6) is 1.28. The third kappa shape index (κ3) is 3.19. The molecular formula is C26H20N6O4. The van der Waals surface area contributed by atoms with Crippen molar-refractivity contribution in [1.29, 1.82) is 0 Å². The molecule has 0 unspecified atom stereocenters. The van der Waals surface area contributed by atoms with Crippen LogP contribution in [0.25, 0.3) is 44.2 Å². The lowest BCUT2D eigenvalue weighted by Gasteiger charge is -2.08. The highest BCUT2D eigenvalue weighted by Crippen LogP contribution is 2.40. The summed E-state index contributed by atoms with van der Waals surface area (Å²) in [6.45, 7) is 1.18. The minimum atomic E-state index is -0.332. The third-order valence-electron chi connectivity index (χ3n) is 6.54. The Kier molecular flexibility index (Phi) is 4.33. The van der Waals surface area contributed by atoms with E-state index in [1.165, 1.54) is 0 Å². The molecule has 36 heavy (non-hydrogen) atoms. The molecule has 0 saturated heterocycles. The van der Waals surface area contributed by atoms with Gasteiger partial charge in [0, 0.05) is 36.3 Å². The number of H-pyrrole nitrogens is 3. The number of aromatic nitrogens is 5. The standard InChI is InChI=1S/C26H20N6O4/c27-9-13-2-1-3-14(4-13)10-32-11-16(15-5-22-23(8-21(15)32)36-12-35-22)24-25(33)29-18-7-20-19(6-17(18)28-24)30-26(34)31-20/h1-8,11H,9-10,12,27H2,(H,29,33)(H2,30,31,34). The van der Waals surface area contributed by atoms with Gasteiger partial charge in [-0.3, -0.25) is 4.79 Å². The van der Waals surface area contributed by atoms with Gasteiger partial charge in [0.2, 0.25) is 6.79 Å². The smallest absolute Gasteiger partial charge is 0.323 e. The Hall–Kier alpha value is -4.83. The van der Waals surface area contributed by atoms with Crippen molar-refractivity contribution in [3.63, 3.8) is 0 Å². The van der Waals surface area contributed by atoms with E-state index in [2.05, 4.69) is 25.6 Å². The van der Waals surface area contributed by atoms with Gasteiger partial charge in [-0.25, -0.2) is 9.78 Å². The molecule has 1 aliphatic heterocycles. The fraction of sp³-hybridized carbons (Fsp3) is 0.115. The molecule has 7 rings (SSSR count). The van der Waals surface area contributed by atoms with Gasteiger partial charge >= 0.3 is 5.69 Å². The van der Waals surface area contributed by atoms with Crippen LogP contribution in [0.15, 0.2) is 64.3 Å². The number of rotatable bonds is 4. The van der Waals surface area contributed by atoms with E-state index in [-0.39, 0.29) is 23.7 Å². The Morgan fingerprint density at radius 2 is 1.69 bits per heavy atom. The summed E-state index contributed by atoms with van der Waals surface area (Å²) >= 11 is 0. The molecule has 0 saturated carbocycles. The molecule has 3 aromatic carbocycles.